The average Bonchev–Trinajstić information content (AvgIpc) is 2.39. The molecule has 0 unspecified atom stereocenters. The molecule has 1 heteroatoms. The van der Waals surface area contributed by atoms with E-state index < -0.39 is 0 Å². The lowest BCUT2D eigenvalue weighted by atomic mass is 10.0. The van der Waals surface area contributed by atoms with Crippen molar-refractivity contribution in [2.45, 2.75) is 20.3 Å². The molecule has 1 N–H and O–H groups in total. The third-order valence-electron chi connectivity index (χ3n) is 2.57. The van der Waals surface area contributed by atoms with Crippen molar-refractivity contribution in [1.82, 2.24) is 0 Å². The van der Waals surface area contributed by atoms with Crippen LogP contribution in [0.25, 0.3) is 0 Å². The zero-order valence-corrected chi connectivity index (χ0v) is 7.57. The molecule has 0 saturated carbocycles. The largest absolute Gasteiger partial charge is 0.359 e. The molecule has 0 aromatic heterocycles. The van der Waals surface area contributed by atoms with Crippen LogP contribution in [0.3, 0.4) is 0 Å². The minimum Gasteiger partial charge on any atom is -0.359 e. The fraction of sp³-hybridized carbons (Fsp3) is 0.273. The van der Waals surface area contributed by atoms with Crippen LogP contribution in [0, 0.1) is 13.8 Å². The van der Waals surface area contributed by atoms with Gasteiger partial charge in [0, 0.05) is 17.8 Å². The molecule has 0 radical (unpaired) electrons. The van der Waals surface area contributed by atoms with Crippen molar-refractivity contribution in [3.05, 3.63) is 41.1 Å². The van der Waals surface area contributed by atoms with Gasteiger partial charge in [0.2, 0.25) is 0 Å². The van der Waals surface area contributed by atoms with E-state index in [9.17, 15) is 0 Å². The standard InChI is InChI=1S/C11H13N/c1-7-4-5-11-10(9(7)3)6-8(2)12-11/h4-5,12H,2,6H2,1,3H3. The van der Waals surface area contributed by atoms with Crippen LogP contribution in [-0.4, -0.2) is 0 Å². The Labute approximate surface area is 73.1 Å². The zero-order valence-electron chi connectivity index (χ0n) is 7.57. The summed E-state index contributed by atoms with van der Waals surface area (Å²) < 4.78 is 0. The first-order valence-corrected chi connectivity index (χ1v) is 4.22. The van der Waals surface area contributed by atoms with Gasteiger partial charge in [-0.1, -0.05) is 12.6 Å². The van der Waals surface area contributed by atoms with Crippen LogP contribution < -0.4 is 5.32 Å². The van der Waals surface area contributed by atoms with Crippen LogP contribution >= 0.6 is 0 Å². The van der Waals surface area contributed by atoms with Crippen LogP contribution in [0.2, 0.25) is 0 Å². The first-order chi connectivity index (χ1) is 5.68. The quantitative estimate of drug-likeness (QED) is 0.613. The SMILES string of the molecule is C=C1Cc2c(ccc(C)c2C)N1. The first kappa shape index (κ1) is 7.41. The van der Waals surface area contributed by atoms with Gasteiger partial charge in [0.15, 0.2) is 0 Å². The molecule has 12 heavy (non-hydrogen) atoms. The minimum absolute atomic E-state index is 0.989. The van der Waals surface area contributed by atoms with Crippen molar-refractivity contribution in [3.63, 3.8) is 0 Å². The molecule has 0 spiro atoms. The molecule has 1 heterocycles. The summed E-state index contributed by atoms with van der Waals surface area (Å²) in [6.07, 6.45) is 0.989. The topological polar surface area (TPSA) is 12.0 Å². The van der Waals surface area contributed by atoms with E-state index in [1.807, 2.05) is 0 Å². The lowest BCUT2D eigenvalue weighted by molar-refractivity contribution is 1.19. The van der Waals surface area contributed by atoms with E-state index in [2.05, 4.69) is 37.9 Å². The number of rotatable bonds is 0. The van der Waals surface area contributed by atoms with Crippen molar-refractivity contribution in [2.75, 3.05) is 5.32 Å². The average molecular weight is 159 g/mol. The van der Waals surface area contributed by atoms with Gasteiger partial charge >= 0.3 is 0 Å². The summed E-state index contributed by atoms with van der Waals surface area (Å²) in [4.78, 5) is 0. The Hall–Kier alpha value is -1.24. The van der Waals surface area contributed by atoms with Gasteiger partial charge in [-0.2, -0.15) is 0 Å². The van der Waals surface area contributed by atoms with Gasteiger partial charge in [0.1, 0.15) is 0 Å². The van der Waals surface area contributed by atoms with Gasteiger partial charge in [-0.05, 0) is 36.6 Å². The predicted octanol–water partition coefficient (Wildman–Crippen LogP) is 2.79. The minimum atomic E-state index is 0.989. The van der Waals surface area contributed by atoms with Gasteiger partial charge < -0.3 is 5.32 Å². The second-order valence-corrected chi connectivity index (χ2v) is 3.44. The van der Waals surface area contributed by atoms with Gasteiger partial charge in [0.25, 0.3) is 0 Å². The molecule has 62 valence electrons. The predicted molar refractivity (Wildman–Crippen MR) is 52.4 cm³/mol. The lowest BCUT2D eigenvalue weighted by Gasteiger charge is -2.05. The summed E-state index contributed by atoms with van der Waals surface area (Å²) in [5.74, 6) is 0. The maximum Gasteiger partial charge on any atom is 0.0421 e. The number of allylic oxidation sites excluding steroid dienone is 1. The Bertz CT molecular complexity index is 350. The number of hydrogen-bond acceptors (Lipinski definition) is 1. The maximum absolute atomic E-state index is 3.93. The highest BCUT2D eigenvalue weighted by atomic mass is 14.9. The molecular formula is C11H13N. The molecule has 0 atom stereocenters. The highest BCUT2D eigenvalue weighted by molar-refractivity contribution is 5.65. The molecule has 1 aromatic rings. The van der Waals surface area contributed by atoms with Gasteiger partial charge in [-0.25, -0.2) is 0 Å². The second-order valence-electron chi connectivity index (χ2n) is 3.44. The molecule has 0 fully saturated rings. The van der Waals surface area contributed by atoms with E-state index in [1.165, 1.54) is 22.4 Å². The number of fused-ring (bicyclic) bond motifs is 1. The normalized spacial score (nSPS) is 14.3. The van der Waals surface area contributed by atoms with E-state index in [1.54, 1.807) is 0 Å². The van der Waals surface area contributed by atoms with Crippen molar-refractivity contribution >= 4 is 5.69 Å². The molecule has 0 amide bonds. The van der Waals surface area contributed by atoms with Crippen molar-refractivity contribution in [3.8, 4) is 0 Å². The number of hydrogen-bond donors (Lipinski definition) is 1. The first-order valence-electron chi connectivity index (χ1n) is 4.22. The van der Waals surface area contributed by atoms with E-state index >= 15 is 0 Å². The van der Waals surface area contributed by atoms with E-state index in [0.717, 1.165) is 12.1 Å². The summed E-state index contributed by atoms with van der Waals surface area (Å²) in [6, 6.07) is 4.29. The Morgan fingerprint density at radius 1 is 1.33 bits per heavy atom. The molecule has 0 bridgehead atoms. The monoisotopic (exact) mass is 159 g/mol. The van der Waals surface area contributed by atoms with Crippen LogP contribution in [-0.2, 0) is 6.42 Å². The molecular weight excluding hydrogens is 146 g/mol. The van der Waals surface area contributed by atoms with E-state index in [-0.39, 0.29) is 0 Å². The summed E-state index contributed by atoms with van der Waals surface area (Å²) >= 11 is 0. The van der Waals surface area contributed by atoms with Crippen molar-refractivity contribution in [2.24, 2.45) is 0 Å². The van der Waals surface area contributed by atoms with Crippen molar-refractivity contribution in [1.29, 1.82) is 0 Å². The number of anilines is 1. The fourth-order valence-electron chi connectivity index (χ4n) is 1.67. The summed E-state index contributed by atoms with van der Waals surface area (Å²) in [6.45, 7) is 8.25. The second kappa shape index (κ2) is 2.37. The molecule has 0 saturated heterocycles. The molecule has 1 aliphatic heterocycles. The number of benzene rings is 1. The smallest absolute Gasteiger partial charge is 0.0421 e. The van der Waals surface area contributed by atoms with Gasteiger partial charge in [-0.3, -0.25) is 0 Å². The molecule has 1 aliphatic rings. The Kier molecular flexibility index (Phi) is 1.47. The number of aryl methyl sites for hydroxylation is 1. The Balaban J connectivity index is 2.61. The van der Waals surface area contributed by atoms with E-state index in [4.69, 9.17) is 0 Å². The van der Waals surface area contributed by atoms with Crippen LogP contribution in [0.15, 0.2) is 24.4 Å². The highest BCUT2D eigenvalue weighted by Gasteiger charge is 2.15. The van der Waals surface area contributed by atoms with Gasteiger partial charge in [0.05, 0.1) is 0 Å². The third kappa shape index (κ3) is 0.934. The highest BCUT2D eigenvalue weighted by Crippen LogP contribution is 2.31. The third-order valence-corrected chi connectivity index (χ3v) is 2.57. The lowest BCUT2D eigenvalue weighted by Crippen LogP contribution is -1.88. The molecule has 2 rings (SSSR count). The fourth-order valence-corrected chi connectivity index (χ4v) is 1.67. The molecule has 1 nitrogen and oxygen atoms in total. The summed E-state index contributed by atoms with van der Waals surface area (Å²) in [5, 5.41) is 3.27. The van der Waals surface area contributed by atoms with Gasteiger partial charge in [-0.15, -0.1) is 0 Å². The summed E-state index contributed by atoms with van der Waals surface area (Å²) in [7, 11) is 0. The van der Waals surface area contributed by atoms with E-state index in [0.29, 0.717) is 0 Å². The summed E-state index contributed by atoms with van der Waals surface area (Å²) in [5.41, 5.74) is 6.53. The zero-order chi connectivity index (χ0) is 8.72. The molecule has 0 aliphatic carbocycles. The van der Waals surface area contributed by atoms with Crippen LogP contribution in [0.5, 0.6) is 0 Å². The van der Waals surface area contributed by atoms with Crippen LogP contribution in [0.1, 0.15) is 16.7 Å². The Morgan fingerprint density at radius 3 is 2.83 bits per heavy atom. The Morgan fingerprint density at radius 2 is 2.08 bits per heavy atom. The van der Waals surface area contributed by atoms with Crippen molar-refractivity contribution < 1.29 is 0 Å². The van der Waals surface area contributed by atoms with Crippen LogP contribution in [0.4, 0.5) is 5.69 Å². The molecule has 1 aromatic carbocycles. The maximum atomic E-state index is 3.93. The number of nitrogens with one attached hydrogen (secondary N) is 1.